The van der Waals surface area contributed by atoms with Gasteiger partial charge in [0.15, 0.2) is 5.82 Å². The van der Waals surface area contributed by atoms with E-state index in [0.717, 1.165) is 24.5 Å². The molecule has 112 valence electrons. The molecule has 2 heterocycles. The van der Waals surface area contributed by atoms with Gasteiger partial charge in [0, 0.05) is 18.2 Å². The highest BCUT2D eigenvalue weighted by Gasteiger charge is 2.20. The van der Waals surface area contributed by atoms with Gasteiger partial charge in [-0.3, -0.25) is 0 Å². The van der Waals surface area contributed by atoms with Crippen LogP contribution in [0.15, 0.2) is 18.2 Å². The highest BCUT2D eigenvalue weighted by atomic mass is 16.5. The second-order valence-corrected chi connectivity index (χ2v) is 5.01. The predicted octanol–water partition coefficient (Wildman–Crippen LogP) is 1.49. The molecule has 1 atom stereocenters. The topological polar surface area (TPSA) is 74.1 Å². The van der Waals surface area contributed by atoms with Gasteiger partial charge in [-0.15, -0.1) is 15.0 Å². The summed E-state index contributed by atoms with van der Waals surface area (Å²) < 4.78 is 10.5. The van der Waals surface area contributed by atoms with Crippen LogP contribution in [0.2, 0.25) is 0 Å². The van der Waals surface area contributed by atoms with Crippen LogP contribution in [0.3, 0.4) is 0 Å². The van der Waals surface area contributed by atoms with Gasteiger partial charge in [0.2, 0.25) is 0 Å². The van der Waals surface area contributed by atoms with Gasteiger partial charge < -0.3 is 14.8 Å². The van der Waals surface area contributed by atoms with Gasteiger partial charge in [0.1, 0.15) is 11.5 Å². The molecule has 0 bridgehead atoms. The molecule has 0 aliphatic carbocycles. The Morgan fingerprint density at radius 2 is 1.90 bits per heavy atom. The summed E-state index contributed by atoms with van der Waals surface area (Å²) in [6, 6.07) is 5.70. The van der Waals surface area contributed by atoms with Crippen molar-refractivity contribution in [1.82, 2.24) is 25.5 Å². The first-order chi connectivity index (χ1) is 10.3. The molecule has 1 aromatic carbocycles. The van der Waals surface area contributed by atoms with Crippen molar-refractivity contribution >= 4 is 0 Å². The quantitative estimate of drug-likeness (QED) is 0.919. The smallest absolute Gasteiger partial charge is 0.192 e. The Kier molecular flexibility index (Phi) is 4.01. The summed E-state index contributed by atoms with van der Waals surface area (Å²) in [6.07, 6.45) is 3.45. The minimum atomic E-state index is 0.194. The molecule has 1 aromatic heterocycles. The molecule has 1 saturated heterocycles. The first-order valence-electron chi connectivity index (χ1n) is 7.07. The lowest BCUT2D eigenvalue weighted by molar-refractivity contribution is 0.392. The lowest BCUT2D eigenvalue weighted by atomic mass is 10.1. The van der Waals surface area contributed by atoms with Gasteiger partial charge in [-0.2, -0.15) is 0 Å². The van der Waals surface area contributed by atoms with Crippen molar-refractivity contribution in [3.05, 3.63) is 24.0 Å². The highest BCUT2D eigenvalue weighted by Crippen LogP contribution is 2.25. The fourth-order valence-corrected chi connectivity index (χ4v) is 2.45. The van der Waals surface area contributed by atoms with Gasteiger partial charge in [0.05, 0.1) is 25.9 Å². The molecule has 0 spiro atoms. The number of piperidine rings is 1. The number of nitrogens with zero attached hydrogens (tertiary/aromatic N) is 4. The minimum absolute atomic E-state index is 0.194. The van der Waals surface area contributed by atoms with Gasteiger partial charge in [-0.1, -0.05) is 6.42 Å². The Morgan fingerprint density at radius 3 is 2.52 bits per heavy atom. The fourth-order valence-electron chi connectivity index (χ4n) is 2.45. The van der Waals surface area contributed by atoms with E-state index in [0.29, 0.717) is 11.5 Å². The molecule has 21 heavy (non-hydrogen) atoms. The number of tetrazole rings is 1. The monoisotopic (exact) mass is 289 g/mol. The molecule has 1 aliphatic rings. The van der Waals surface area contributed by atoms with E-state index in [9.17, 15) is 0 Å². The average Bonchev–Trinajstić information content (AvgIpc) is 3.05. The van der Waals surface area contributed by atoms with Crippen LogP contribution in [-0.2, 0) is 0 Å². The minimum Gasteiger partial charge on any atom is -0.497 e. The summed E-state index contributed by atoms with van der Waals surface area (Å²) in [4.78, 5) is 1.51. The summed E-state index contributed by atoms with van der Waals surface area (Å²) in [5.74, 6) is 2.12. The highest BCUT2D eigenvalue weighted by molar-refractivity contribution is 5.45. The van der Waals surface area contributed by atoms with Crippen LogP contribution in [0.25, 0.3) is 5.69 Å². The van der Waals surface area contributed by atoms with E-state index in [1.54, 1.807) is 14.2 Å². The van der Waals surface area contributed by atoms with E-state index >= 15 is 0 Å². The van der Waals surface area contributed by atoms with E-state index in [2.05, 4.69) is 20.7 Å². The molecule has 1 fully saturated rings. The summed E-state index contributed by atoms with van der Waals surface area (Å²) in [5, 5.41) is 16.2. The van der Waals surface area contributed by atoms with E-state index in [4.69, 9.17) is 9.47 Å². The van der Waals surface area contributed by atoms with Crippen molar-refractivity contribution in [3.8, 4) is 17.2 Å². The molecule has 0 radical (unpaired) electrons. The molecule has 2 aromatic rings. The third-order valence-electron chi connectivity index (χ3n) is 3.62. The first-order valence-corrected chi connectivity index (χ1v) is 7.07. The summed E-state index contributed by atoms with van der Waals surface area (Å²) in [7, 11) is 3.23. The number of benzene rings is 1. The number of ether oxygens (including phenoxy) is 2. The molecule has 7 nitrogen and oxygen atoms in total. The zero-order valence-corrected chi connectivity index (χ0v) is 12.2. The van der Waals surface area contributed by atoms with Crippen LogP contribution in [0.4, 0.5) is 0 Å². The second kappa shape index (κ2) is 6.09. The average molecular weight is 289 g/mol. The third-order valence-corrected chi connectivity index (χ3v) is 3.62. The van der Waals surface area contributed by atoms with Crippen molar-refractivity contribution in [2.75, 3.05) is 20.8 Å². The van der Waals surface area contributed by atoms with Gasteiger partial charge >= 0.3 is 0 Å². The number of rotatable bonds is 4. The Hall–Kier alpha value is -2.15. The maximum absolute atomic E-state index is 5.26. The maximum Gasteiger partial charge on any atom is 0.192 e. The molecule has 0 saturated carbocycles. The number of nitrogens with one attached hydrogen (secondary N) is 1. The lowest BCUT2D eigenvalue weighted by Gasteiger charge is -2.19. The molecule has 1 N–H and O–H groups in total. The molecule has 1 aliphatic heterocycles. The molecular formula is C14H19N5O2. The Labute approximate surface area is 123 Å². The van der Waals surface area contributed by atoms with Crippen molar-refractivity contribution < 1.29 is 9.47 Å². The Bertz CT molecular complexity index is 585. The summed E-state index contributed by atoms with van der Waals surface area (Å²) in [5.41, 5.74) is 0.765. The molecule has 0 amide bonds. The standard InChI is InChI=1S/C14H19N5O2/c1-20-11-7-10(8-12(9-11)21-2)19-17-14(16-18-19)13-5-3-4-6-15-13/h7-9,13,15H,3-6H2,1-2H3. The van der Waals surface area contributed by atoms with Gasteiger partial charge in [0.25, 0.3) is 0 Å². The molecule has 1 unspecified atom stereocenters. The van der Waals surface area contributed by atoms with E-state index in [1.165, 1.54) is 17.6 Å². The van der Waals surface area contributed by atoms with Crippen molar-refractivity contribution in [1.29, 1.82) is 0 Å². The van der Waals surface area contributed by atoms with E-state index in [-0.39, 0.29) is 6.04 Å². The molecule has 7 heteroatoms. The zero-order valence-electron chi connectivity index (χ0n) is 12.2. The van der Waals surface area contributed by atoms with Crippen LogP contribution in [-0.4, -0.2) is 41.0 Å². The zero-order chi connectivity index (χ0) is 14.7. The van der Waals surface area contributed by atoms with Crippen LogP contribution >= 0.6 is 0 Å². The van der Waals surface area contributed by atoms with Gasteiger partial charge in [-0.05, 0) is 24.6 Å². The number of hydrogen-bond acceptors (Lipinski definition) is 6. The normalized spacial score (nSPS) is 18.5. The largest absolute Gasteiger partial charge is 0.497 e. The lowest BCUT2D eigenvalue weighted by Crippen LogP contribution is -2.27. The van der Waals surface area contributed by atoms with Crippen molar-refractivity contribution in [2.45, 2.75) is 25.3 Å². The number of hydrogen-bond donors (Lipinski definition) is 1. The van der Waals surface area contributed by atoms with Crippen molar-refractivity contribution in [3.63, 3.8) is 0 Å². The van der Waals surface area contributed by atoms with Crippen LogP contribution < -0.4 is 14.8 Å². The van der Waals surface area contributed by atoms with Crippen LogP contribution in [0.5, 0.6) is 11.5 Å². The van der Waals surface area contributed by atoms with Crippen LogP contribution in [0, 0.1) is 0 Å². The SMILES string of the molecule is COc1cc(OC)cc(-n2nnc(C3CCCCN3)n2)c1. The van der Waals surface area contributed by atoms with Crippen molar-refractivity contribution in [2.24, 2.45) is 0 Å². The maximum atomic E-state index is 5.26. The van der Waals surface area contributed by atoms with E-state index < -0.39 is 0 Å². The molecule has 3 rings (SSSR count). The Balaban J connectivity index is 1.88. The first kappa shape index (κ1) is 13.8. The van der Waals surface area contributed by atoms with Gasteiger partial charge in [-0.25, -0.2) is 0 Å². The number of methoxy groups -OCH3 is 2. The van der Waals surface area contributed by atoms with Crippen LogP contribution in [0.1, 0.15) is 31.1 Å². The Morgan fingerprint density at radius 1 is 1.14 bits per heavy atom. The predicted molar refractivity (Wildman–Crippen MR) is 76.9 cm³/mol. The summed E-state index contributed by atoms with van der Waals surface area (Å²) >= 11 is 0. The summed E-state index contributed by atoms with van der Waals surface area (Å²) in [6.45, 7) is 1.01. The number of aromatic nitrogens is 4. The third kappa shape index (κ3) is 2.97. The fraction of sp³-hybridized carbons (Fsp3) is 0.500. The van der Waals surface area contributed by atoms with E-state index in [1.807, 2.05) is 18.2 Å². The molecular weight excluding hydrogens is 270 g/mol. The second-order valence-electron chi connectivity index (χ2n) is 5.01.